The fraction of sp³-hybridized carbons (Fsp3) is 0.300. The average Bonchev–Trinajstić information content (AvgIpc) is 3.25. The molecule has 0 radical (unpaired) electrons. The van der Waals surface area contributed by atoms with E-state index in [-0.39, 0.29) is 18.2 Å². The van der Waals surface area contributed by atoms with E-state index in [1.165, 1.54) is 33.5 Å². The van der Waals surface area contributed by atoms with E-state index >= 15 is 0 Å². The van der Waals surface area contributed by atoms with Crippen LogP contribution >= 0.6 is 0 Å². The SMILES string of the molecule is COc1ccc(CCNC(=O)c2cnn(-c3ccc(OC)nn3)c2C(F)(F)F)c(OC)c1. The normalized spacial score (nSPS) is 11.2. The van der Waals surface area contributed by atoms with Crippen molar-refractivity contribution < 1.29 is 32.2 Å². The van der Waals surface area contributed by atoms with Crippen LogP contribution in [0.25, 0.3) is 5.82 Å². The van der Waals surface area contributed by atoms with Crippen molar-refractivity contribution in [1.29, 1.82) is 0 Å². The summed E-state index contributed by atoms with van der Waals surface area (Å²) < 4.78 is 57.0. The molecule has 2 heterocycles. The van der Waals surface area contributed by atoms with Crippen molar-refractivity contribution in [2.24, 2.45) is 0 Å². The summed E-state index contributed by atoms with van der Waals surface area (Å²) in [6, 6.07) is 7.75. The van der Waals surface area contributed by atoms with E-state index in [0.29, 0.717) is 22.6 Å². The van der Waals surface area contributed by atoms with Gasteiger partial charge in [-0.2, -0.15) is 18.3 Å². The first-order valence-corrected chi connectivity index (χ1v) is 9.31. The molecule has 0 saturated carbocycles. The number of nitrogens with zero attached hydrogens (tertiary/aromatic N) is 4. The Balaban J connectivity index is 1.79. The number of ether oxygens (including phenoxy) is 3. The maximum atomic E-state index is 13.7. The van der Waals surface area contributed by atoms with Crippen molar-refractivity contribution in [3.63, 3.8) is 0 Å². The first-order chi connectivity index (χ1) is 15.3. The number of carbonyl (C=O) groups excluding carboxylic acids is 1. The van der Waals surface area contributed by atoms with Crippen LogP contribution in [0, 0.1) is 0 Å². The zero-order chi connectivity index (χ0) is 23.3. The molecule has 0 atom stereocenters. The Kier molecular flexibility index (Phi) is 6.81. The number of methoxy groups -OCH3 is 3. The molecule has 9 nitrogen and oxygen atoms in total. The summed E-state index contributed by atoms with van der Waals surface area (Å²) in [6.45, 7) is 0.0757. The van der Waals surface area contributed by atoms with Gasteiger partial charge in [-0.05, 0) is 24.1 Å². The number of hydrogen-bond acceptors (Lipinski definition) is 7. The molecule has 0 bridgehead atoms. The molecule has 2 aromatic heterocycles. The van der Waals surface area contributed by atoms with Crippen LogP contribution in [0.15, 0.2) is 36.5 Å². The van der Waals surface area contributed by atoms with E-state index in [1.807, 2.05) is 0 Å². The molecule has 1 amide bonds. The molecule has 1 N–H and O–H groups in total. The largest absolute Gasteiger partial charge is 0.497 e. The minimum absolute atomic E-state index is 0.0757. The number of halogens is 3. The first-order valence-electron chi connectivity index (χ1n) is 9.31. The number of nitrogens with one attached hydrogen (secondary N) is 1. The van der Waals surface area contributed by atoms with Crippen molar-refractivity contribution in [2.45, 2.75) is 12.6 Å². The molecule has 0 aliphatic heterocycles. The van der Waals surface area contributed by atoms with E-state index in [0.717, 1.165) is 11.8 Å². The predicted octanol–water partition coefficient (Wildman–Crippen LogP) is 2.68. The molecule has 1 aromatic carbocycles. The molecule has 32 heavy (non-hydrogen) atoms. The van der Waals surface area contributed by atoms with Gasteiger partial charge in [0, 0.05) is 18.7 Å². The van der Waals surface area contributed by atoms with E-state index in [2.05, 4.69) is 20.6 Å². The number of hydrogen-bond donors (Lipinski definition) is 1. The fourth-order valence-electron chi connectivity index (χ4n) is 2.96. The fourth-order valence-corrected chi connectivity index (χ4v) is 2.96. The zero-order valence-corrected chi connectivity index (χ0v) is 17.4. The molecular formula is C20H20F3N5O4. The monoisotopic (exact) mass is 451 g/mol. The van der Waals surface area contributed by atoms with Crippen LogP contribution in [0.5, 0.6) is 17.4 Å². The predicted molar refractivity (Wildman–Crippen MR) is 106 cm³/mol. The molecule has 0 aliphatic rings. The third-order valence-corrected chi connectivity index (χ3v) is 4.51. The van der Waals surface area contributed by atoms with Gasteiger partial charge in [-0.3, -0.25) is 4.79 Å². The van der Waals surface area contributed by atoms with Crippen molar-refractivity contribution in [3.8, 4) is 23.2 Å². The third-order valence-electron chi connectivity index (χ3n) is 4.51. The Morgan fingerprint density at radius 3 is 2.44 bits per heavy atom. The standard InChI is InChI=1S/C20H20F3N5O4/c1-30-13-5-4-12(15(10-13)31-2)8-9-24-19(29)14-11-25-28(18(14)20(21,22)23)16-6-7-17(32-3)27-26-16/h4-7,10-11H,8-9H2,1-3H3,(H,24,29). The van der Waals surface area contributed by atoms with Gasteiger partial charge in [-0.15, -0.1) is 10.2 Å². The maximum absolute atomic E-state index is 13.7. The van der Waals surface area contributed by atoms with E-state index < -0.39 is 23.3 Å². The molecule has 0 aliphatic carbocycles. The summed E-state index contributed by atoms with van der Waals surface area (Å²) in [7, 11) is 4.36. The lowest BCUT2D eigenvalue weighted by Gasteiger charge is -2.13. The second-order valence-corrected chi connectivity index (χ2v) is 6.43. The number of aromatic nitrogens is 4. The summed E-state index contributed by atoms with van der Waals surface area (Å²) >= 11 is 0. The van der Waals surface area contributed by atoms with Crippen LogP contribution in [0.2, 0.25) is 0 Å². The number of amides is 1. The summed E-state index contributed by atoms with van der Waals surface area (Å²) in [5, 5.41) is 13.5. The third kappa shape index (κ3) is 4.90. The van der Waals surface area contributed by atoms with Gasteiger partial charge in [-0.1, -0.05) is 6.07 Å². The second-order valence-electron chi connectivity index (χ2n) is 6.43. The van der Waals surface area contributed by atoms with Crippen LogP contribution in [-0.2, 0) is 12.6 Å². The number of alkyl halides is 3. The molecule has 3 aromatic rings. The van der Waals surface area contributed by atoms with E-state index in [9.17, 15) is 18.0 Å². The highest BCUT2D eigenvalue weighted by Crippen LogP contribution is 2.33. The first kappa shape index (κ1) is 22.8. The smallest absolute Gasteiger partial charge is 0.434 e. The molecule has 170 valence electrons. The van der Waals surface area contributed by atoms with Gasteiger partial charge in [0.1, 0.15) is 11.5 Å². The molecule has 3 rings (SSSR count). The Bertz CT molecular complexity index is 1080. The quantitative estimate of drug-likeness (QED) is 0.562. The maximum Gasteiger partial charge on any atom is 0.434 e. The highest BCUT2D eigenvalue weighted by atomic mass is 19.4. The Morgan fingerprint density at radius 2 is 1.84 bits per heavy atom. The zero-order valence-electron chi connectivity index (χ0n) is 17.4. The van der Waals surface area contributed by atoms with Crippen LogP contribution in [0.3, 0.4) is 0 Å². The van der Waals surface area contributed by atoms with Crippen molar-refractivity contribution in [3.05, 3.63) is 53.3 Å². The molecule has 0 unspecified atom stereocenters. The topological polar surface area (TPSA) is 100 Å². The Hall–Kier alpha value is -3.83. The van der Waals surface area contributed by atoms with Gasteiger partial charge in [-0.25, -0.2) is 4.68 Å². The second kappa shape index (κ2) is 9.54. The van der Waals surface area contributed by atoms with Gasteiger partial charge < -0.3 is 19.5 Å². The van der Waals surface area contributed by atoms with Gasteiger partial charge in [0.25, 0.3) is 5.91 Å². The Morgan fingerprint density at radius 1 is 1.06 bits per heavy atom. The molecular weight excluding hydrogens is 431 g/mol. The number of rotatable bonds is 8. The van der Waals surface area contributed by atoms with Crippen LogP contribution in [0.1, 0.15) is 21.6 Å². The molecule has 0 saturated heterocycles. The van der Waals surface area contributed by atoms with E-state index in [4.69, 9.17) is 14.2 Å². The van der Waals surface area contributed by atoms with Crippen LogP contribution < -0.4 is 19.5 Å². The summed E-state index contributed by atoms with van der Waals surface area (Å²) in [5.41, 5.74) is -1.12. The summed E-state index contributed by atoms with van der Waals surface area (Å²) in [5.74, 6) is 0.137. The summed E-state index contributed by atoms with van der Waals surface area (Å²) in [6.07, 6.45) is -3.68. The highest BCUT2D eigenvalue weighted by Gasteiger charge is 2.41. The number of carbonyl (C=O) groups is 1. The molecule has 12 heteroatoms. The van der Waals surface area contributed by atoms with E-state index in [1.54, 1.807) is 18.2 Å². The lowest BCUT2D eigenvalue weighted by atomic mass is 10.1. The average molecular weight is 451 g/mol. The van der Waals surface area contributed by atoms with Crippen LogP contribution in [-0.4, -0.2) is 53.8 Å². The van der Waals surface area contributed by atoms with Crippen LogP contribution in [0.4, 0.5) is 13.2 Å². The number of benzene rings is 1. The van der Waals surface area contributed by atoms with Gasteiger partial charge in [0.05, 0.1) is 33.1 Å². The minimum Gasteiger partial charge on any atom is -0.497 e. The molecule has 0 fully saturated rings. The van der Waals surface area contributed by atoms with Gasteiger partial charge in [0.15, 0.2) is 11.5 Å². The Labute approximate surface area is 181 Å². The van der Waals surface area contributed by atoms with Gasteiger partial charge in [0.2, 0.25) is 5.88 Å². The summed E-state index contributed by atoms with van der Waals surface area (Å²) in [4.78, 5) is 12.5. The van der Waals surface area contributed by atoms with Crippen molar-refractivity contribution >= 4 is 5.91 Å². The molecule has 0 spiro atoms. The van der Waals surface area contributed by atoms with Gasteiger partial charge >= 0.3 is 6.18 Å². The lowest BCUT2D eigenvalue weighted by molar-refractivity contribution is -0.143. The minimum atomic E-state index is -4.86. The van der Waals surface area contributed by atoms with Crippen molar-refractivity contribution in [2.75, 3.05) is 27.9 Å². The highest BCUT2D eigenvalue weighted by molar-refractivity contribution is 5.95. The lowest BCUT2D eigenvalue weighted by Crippen LogP contribution is -2.28. The van der Waals surface area contributed by atoms with Crippen molar-refractivity contribution in [1.82, 2.24) is 25.3 Å².